The van der Waals surface area contributed by atoms with Gasteiger partial charge in [-0.2, -0.15) is 0 Å². The molecule has 1 heterocycles. The largest absolute Gasteiger partial charge is 0.314 e. The summed E-state index contributed by atoms with van der Waals surface area (Å²) in [5, 5.41) is 3.44. The lowest BCUT2D eigenvalue weighted by Gasteiger charge is -2.38. The van der Waals surface area contributed by atoms with Gasteiger partial charge in [-0.25, -0.2) is 0 Å². The minimum atomic E-state index is 0.0826. The van der Waals surface area contributed by atoms with E-state index >= 15 is 0 Å². The van der Waals surface area contributed by atoms with E-state index in [9.17, 15) is 4.79 Å². The molecule has 0 aromatic carbocycles. The van der Waals surface area contributed by atoms with Crippen LogP contribution in [0.5, 0.6) is 0 Å². The molecule has 3 nitrogen and oxygen atoms in total. The molecule has 1 aliphatic rings. The van der Waals surface area contributed by atoms with Crippen molar-refractivity contribution in [2.24, 2.45) is 5.41 Å². The van der Waals surface area contributed by atoms with Crippen molar-refractivity contribution in [1.82, 2.24) is 9.88 Å². The number of nitrogens with zero attached hydrogens (tertiary/aromatic N) is 1. The summed E-state index contributed by atoms with van der Waals surface area (Å²) in [5.74, 6) is 0. The van der Waals surface area contributed by atoms with Gasteiger partial charge >= 0.3 is 0 Å². The molecule has 0 radical (unpaired) electrons. The first-order valence-corrected chi connectivity index (χ1v) is 6.06. The first-order valence-electron chi connectivity index (χ1n) is 6.06. The van der Waals surface area contributed by atoms with Crippen LogP contribution in [0, 0.1) is 5.41 Å². The van der Waals surface area contributed by atoms with Crippen LogP contribution in [0.4, 0.5) is 0 Å². The standard InChI is InChI=1S/C13H20N2O/c1-13(6-4-7-13)11-14-8-10-15-9-3-2-5-12(15)16/h2-3,5,9,14H,4,6-8,10-11H2,1H3. The van der Waals surface area contributed by atoms with Crippen LogP contribution in [-0.4, -0.2) is 17.7 Å². The van der Waals surface area contributed by atoms with E-state index in [1.807, 2.05) is 12.3 Å². The predicted molar refractivity (Wildman–Crippen MR) is 65.5 cm³/mol. The van der Waals surface area contributed by atoms with Gasteiger partial charge in [-0.15, -0.1) is 0 Å². The monoisotopic (exact) mass is 220 g/mol. The topological polar surface area (TPSA) is 34.0 Å². The van der Waals surface area contributed by atoms with E-state index in [1.165, 1.54) is 19.3 Å². The normalized spacial score (nSPS) is 18.1. The summed E-state index contributed by atoms with van der Waals surface area (Å²) in [4.78, 5) is 11.4. The van der Waals surface area contributed by atoms with Crippen LogP contribution in [0.3, 0.4) is 0 Å². The van der Waals surface area contributed by atoms with Gasteiger partial charge in [0.25, 0.3) is 5.56 Å². The Labute approximate surface area is 96.5 Å². The Hall–Kier alpha value is -1.09. The predicted octanol–water partition coefficient (Wildman–Crippen LogP) is 1.63. The van der Waals surface area contributed by atoms with Crippen molar-refractivity contribution in [3.63, 3.8) is 0 Å². The Kier molecular flexibility index (Phi) is 3.44. The highest BCUT2D eigenvalue weighted by Crippen LogP contribution is 2.39. The average Bonchev–Trinajstić information content (AvgIpc) is 2.24. The lowest BCUT2D eigenvalue weighted by molar-refractivity contribution is 0.156. The van der Waals surface area contributed by atoms with Crippen LogP contribution in [0.1, 0.15) is 26.2 Å². The molecular weight excluding hydrogens is 200 g/mol. The Bertz CT molecular complexity index is 393. The summed E-state index contributed by atoms with van der Waals surface area (Å²) in [7, 11) is 0. The molecular formula is C13H20N2O. The van der Waals surface area contributed by atoms with Gasteiger partial charge in [0.1, 0.15) is 0 Å². The number of hydrogen-bond acceptors (Lipinski definition) is 2. The maximum absolute atomic E-state index is 11.4. The van der Waals surface area contributed by atoms with Gasteiger partial charge in [0.15, 0.2) is 0 Å². The van der Waals surface area contributed by atoms with Gasteiger partial charge in [0.2, 0.25) is 0 Å². The van der Waals surface area contributed by atoms with Crippen LogP contribution in [-0.2, 0) is 6.54 Å². The number of pyridine rings is 1. The second-order valence-corrected chi connectivity index (χ2v) is 5.07. The minimum absolute atomic E-state index is 0.0826. The van der Waals surface area contributed by atoms with E-state index in [2.05, 4.69) is 12.2 Å². The molecule has 2 rings (SSSR count). The zero-order chi connectivity index (χ0) is 11.4. The van der Waals surface area contributed by atoms with Gasteiger partial charge in [0, 0.05) is 31.9 Å². The zero-order valence-corrected chi connectivity index (χ0v) is 9.91. The molecule has 0 atom stereocenters. The highest BCUT2D eigenvalue weighted by atomic mass is 16.1. The smallest absolute Gasteiger partial charge is 0.250 e. The molecule has 0 amide bonds. The molecule has 1 fully saturated rings. The molecule has 1 saturated carbocycles. The molecule has 0 unspecified atom stereocenters. The van der Waals surface area contributed by atoms with Crippen molar-refractivity contribution in [2.45, 2.75) is 32.7 Å². The molecule has 16 heavy (non-hydrogen) atoms. The molecule has 0 aliphatic heterocycles. The summed E-state index contributed by atoms with van der Waals surface area (Å²) in [5.41, 5.74) is 0.598. The summed E-state index contributed by atoms with van der Waals surface area (Å²) in [6.07, 6.45) is 5.89. The van der Waals surface area contributed by atoms with Crippen molar-refractivity contribution in [1.29, 1.82) is 0 Å². The average molecular weight is 220 g/mol. The van der Waals surface area contributed by atoms with Crippen LogP contribution in [0.15, 0.2) is 29.2 Å². The molecule has 1 aromatic heterocycles. The van der Waals surface area contributed by atoms with E-state index in [0.717, 1.165) is 19.6 Å². The highest BCUT2D eigenvalue weighted by molar-refractivity contribution is 4.93. The van der Waals surface area contributed by atoms with E-state index in [0.29, 0.717) is 5.41 Å². The molecule has 0 bridgehead atoms. The second kappa shape index (κ2) is 4.83. The highest BCUT2D eigenvalue weighted by Gasteiger charge is 2.30. The maximum atomic E-state index is 11.4. The van der Waals surface area contributed by atoms with Crippen molar-refractivity contribution in [2.75, 3.05) is 13.1 Å². The van der Waals surface area contributed by atoms with Gasteiger partial charge in [-0.3, -0.25) is 4.79 Å². The van der Waals surface area contributed by atoms with Crippen LogP contribution < -0.4 is 10.9 Å². The van der Waals surface area contributed by atoms with E-state index in [4.69, 9.17) is 0 Å². The Morgan fingerprint density at radius 3 is 2.88 bits per heavy atom. The number of aromatic nitrogens is 1. The molecule has 0 saturated heterocycles. The lowest BCUT2D eigenvalue weighted by atomic mass is 9.70. The number of hydrogen-bond donors (Lipinski definition) is 1. The summed E-state index contributed by atoms with van der Waals surface area (Å²) < 4.78 is 1.75. The van der Waals surface area contributed by atoms with Crippen LogP contribution in [0.2, 0.25) is 0 Å². The molecule has 0 spiro atoms. The fourth-order valence-electron chi connectivity index (χ4n) is 2.19. The summed E-state index contributed by atoms with van der Waals surface area (Å²) in [6, 6.07) is 5.28. The fourth-order valence-corrected chi connectivity index (χ4v) is 2.19. The zero-order valence-electron chi connectivity index (χ0n) is 9.91. The molecule has 1 aromatic rings. The summed E-state index contributed by atoms with van der Waals surface area (Å²) >= 11 is 0. The first kappa shape index (κ1) is 11.4. The van der Waals surface area contributed by atoms with Gasteiger partial charge in [-0.1, -0.05) is 19.4 Å². The Morgan fingerprint density at radius 1 is 1.44 bits per heavy atom. The Balaban J connectivity index is 1.72. The van der Waals surface area contributed by atoms with Crippen molar-refractivity contribution < 1.29 is 0 Å². The van der Waals surface area contributed by atoms with Crippen molar-refractivity contribution in [3.05, 3.63) is 34.7 Å². The summed E-state index contributed by atoms with van der Waals surface area (Å²) in [6.45, 7) is 5.04. The fraction of sp³-hybridized carbons (Fsp3) is 0.615. The van der Waals surface area contributed by atoms with Crippen LogP contribution in [0.25, 0.3) is 0 Å². The minimum Gasteiger partial charge on any atom is -0.314 e. The third-order valence-electron chi connectivity index (χ3n) is 3.54. The molecule has 1 N–H and O–H groups in total. The molecule has 1 aliphatic carbocycles. The quantitative estimate of drug-likeness (QED) is 0.765. The van der Waals surface area contributed by atoms with E-state index in [-0.39, 0.29) is 5.56 Å². The molecule has 88 valence electrons. The van der Waals surface area contributed by atoms with Gasteiger partial charge < -0.3 is 9.88 Å². The Morgan fingerprint density at radius 2 is 2.25 bits per heavy atom. The van der Waals surface area contributed by atoms with Crippen molar-refractivity contribution >= 4 is 0 Å². The van der Waals surface area contributed by atoms with Crippen LogP contribution >= 0.6 is 0 Å². The first-order chi connectivity index (χ1) is 7.70. The SMILES string of the molecule is CC1(CNCCn2ccccc2=O)CCC1. The van der Waals surface area contributed by atoms with E-state index in [1.54, 1.807) is 16.7 Å². The maximum Gasteiger partial charge on any atom is 0.250 e. The van der Waals surface area contributed by atoms with E-state index < -0.39 is 0 Å². The third-order valence-corrected chi connectivity index (χ3v) is 3.54. The number of rotatable bonds is 5. The third kappa shape index (κ3) is 2.73. The lowest BCUT2D eigenvalue weighted by Crippen LogP contribution is -2.38. The van der Waals surface area contributed by atoms with Gasteiger partial charge in [-0.05, 0) is 24.3 Å². The molecule has 3 heteroatoms. The van der Waals surface area contributed by atoms with Crippen molar-refractivity contribution in [3.8, 4) is 0 Å². The van der Waals surface area contributed by atoms with Gasteiger partial charge in [0.05, 0.1) is 0 Å². The number of nitrogens with one attached hydrogen (secondary N) is 1. The second-order valence-electron chi connectivity index (χ2n) is 5.07.